The number of hydrogen-bond acceptors (Lipinski definition) is 3. The van der Waals surface area contributed by atoms with Gasteiger partial charge in [-0.15, -0.1) is 0 Å². The fraction of sp³-hybridized carbons (Fsp3) is 0.394. The lowest BCUT2D eigenvalue weighted by Gasteiger charge is -2.19. The van der Waals surface area contributed by atoms with Gasteiger partial charge in [-0.2, -0.15) is 0 Å². The third-order valence-corrected chi connectivity index (χ3v) is 7.33. The number of imidazole rings is 1. The van der Waals surface area contributed by atoms with Crippen LogP contribution in [-0.2, 0) is 29.6 Å². The number of ether oxygens (including phenoxy) is 1. The molecule has 0 aliphatic rings. The first-order valence-electron chi connectivity index (χ1n) is 14.0. The molecule has 0 radical (unpaired) electrons. The van der Waals surface area contributed by atoms with E-state index in [1.165, 1.54) is 11.1 Å². The Morgan fingerprint density at radius 3 is 2.44 bits per heavy atom. The summed E-state index contributed by atoms with van der Waals surface area (Å²) < 4.78 is 8.38. The van der Waals surface area contributed by atoms with E-state index in [1.807, 2.05) is 30.3 Å². The molecule has 206 valence electrons. The Kier molecular flexibility index (Phi) is 10.0. The van der Waals surface area contributed by atoms with E-state index in [4.69, 9.17) is 21.3 Å². The van der Waals surface area contributed by atoms with Crippen molar-refractivity contribution in [2.45, 2.75) is 71.3 Å². The van der Waals surface area contributed by atoms with E-state index in [9.17, 15) is 4.79 Å². The number of amides is 1. The van der Waals surface area contributed by atoms with Gasteiger partial charge in [-0.1, -0.05) is 81.3 Å². The Balaban J connectivity index is 1.22. The molecule has 1 aromatic heterocycles. The van der Waals surface area contributed by atoms with Crippen molar-refractivity contribution in [1.29, 1.82) is 0 Å². The molecule has 39 heavy (non-hydrogen) atoms. The highest BCUT2D eigenvalue weighted by molar-refractivity contribution is 6.31. The predicted octanol–water partition coefficient (Wildman–Crippen LogP) is 7.53. The molecule has 0 saturated heterocycles. The van der Waals surface area contributed by atoms with E-state index in [0.29, 0.717) is 24.6 Å². The lowest BCUT2D eigenvalue weighted by atomic mass is 9.87. The largest absolute Gasteiger partial charge is 0.494 e. The average molecular weight is 546 g/mol. The number of aromatic nitrogens is 2. The molecule has 1 N–H and O–H groups in total. The predicted molar refractivity (Wildman–Crippen MR) is 161 cm³/mol. The zero-order valence-electron chi connectivity index (χ0n) is 23.4. The number of aryl methyl sites for hydroxylation is 2. The van der Waals surface area contributed by atoms with Crippen LogP contribution in [0.5, 0.6) is 5.75 Å². The molecule has 1 heterocycles. The van der Waals surface area contributed by atoms with E-state index < -0.39 is 0 Å². The zero-order valence-corrected chi connectivity index (χ0v) is 24.1. The third-order valence-electron chi connectivity index (χ3n) is 6.96. The normalized spacial score (nSPS) is 11.6. The molecule has 0 unspecified atom stereocenters. The van der Waals surface area contributed by atoms with Crippen LogP contribution in [-0.4, -0.2) is 28.6 Å². The summed E-state index contributed by atoms with van der Waals surface area (Å²) in [5.74, 6) is 2.04. The molecule has 5 nitrogen and oxygen atoms in total. The molecule has 4 rings (SSSR count). The van der Waals surface area contributed by atoms with Crippen LogP contribution in [0.1, 0.15) is 63.4 Å². The van der Waals surface area contributed by atoms with Gasteiger partial charge in [-0.05, 0) is 66.1 Å². The number of carbonyl (C=O) groups excluding carboxylic acids is 1. The number of benzene rings is 3. The third kappa shape index (κ3) is 8.34. The van der Waals surface area contributed by atoms with E-state index >= 15 is 0 Å². The van der Waals surface area contributed by atoms with Crippen LogP contribution in [0.2, 0.25) is 5.02 Å². The van der Waals surface area contributed by atoms with Crippen molar-refractivity contribution in [2.24, 2.45) is 0 Å². The second kappa shape index (κ2) is 13.7. The van der Waals surface area contributed by atoms with Crippen LogP contribution in [0.3, 0.4) is 0 Å². The Labute approximate surface area is 237 Å². The van der Waals surface area contributed by atoms with Gasteiger partial charge in [-0.3, -0.25) is 4.79 Å². The fourth-order valence-corrected chi connectivity index (χ4v) is 4.92. The maximum absolute atomic E-state index is 12.2. The first kappa shape index (κ1) is 28.7. The number of unbranched alkanes of at least 4 members (excludes halogenated alkanes) is 2. The van der Waals surface area contributed by atoms with Crippen LogP contribution in [0.25, 0.3) is 11.0 Å². The van der Waals surface area contributed by atoms with Crippen molar-refractivity contribution in [3.05, 3.63) is 94.8 Å². The first-order chi connectivity index (χ1) is 18.8. The molecule has 6 heteroatoms. The highest BCUT2D eigenvalue weighted by atomic mass is 35.5. The van der Waals surface area contributed by atoms with Gasteiger partial charge in [0.15, 0.2) is 0 Å². The quantitative estimate of drug-likeness (QED) is 0.177. The van der Waals surface area contributed by atoms with Gasteiger partial charge in [0, 0.05) is 24.5 Å². The number of nitrogens with zero attached hydrogens (tertiary/aromatic N) is 2. The monoisotopic (exact) mass is 545 g/mol. The number of fused-ring (bicyclic) bond motifs is 1. The SMILES string of the molecule is CC(C)(C)c1ccc(OCCCn2c(CCCCCNC(=O)Cc3ccccc3Cl)nc3ccccc32)cc1. The standard InChI is InChI=1S/C33H40ClN3O2/c1-33(2,3)26-17-19-27(20-18-26)39-23-11-22-37-30-15-9-8-14-29(30)36-31(37)16-5-4-10-21-35-32(38)24-25-12-6-7-13-28(25)34/h6-9,12-15,17-20H,4-5,10-11,16,21-24H2,1-3H3,(H,35,38). The summed E-state index contributed by atoms with van der Waals surface area (Å²) in [6, 6.07) is 24.3. The lowest BCUT2D eigenvalue weighted by Crippen LogP contribution is -2.26. The van der Waals surface area contributed by atoms with Crippen molar-refractivity contribution in [3.8, 4) is 5.75 Å². The molecule has 0 aliphatic heterocycles. The fourth-order valence-electron chi connectivity index (χ4n) is 4.72. The molecular weight excluding hydrogens is 506 g/mol. The summed E-state index contributed by atoms with van der Waals surface area (Å²) in [7, 11) is 0. The molecule has 0 bridgehead atoms. The van der Waals surface area contributed by atoms with Gasteiger partial charge in [0.05, 0.1) is 24.1 Å². The van der Waals surface area contributed by atoms with Crippen molar-refractivity contribution < 1.29 is 9.53 Å². The maximum Gasteiger partial charge on any atom is 0.224 e. The summed E-state index contributed by atoms with van der Waals surface area (Å²) in [6.45, 7) is 8.86. The summed E-state index contributed by atoms with van der Waals surface area (Å²) in [6.07, 6.45) is 5.14. The minimum atomic E-state index is 0.0113. The summed E-state index contributed by atoms with van der Waals surface area (Å²) in [5.41, 5.74) is 4.53. The summed E-state index contributed by atoms with van der Waals surface area (Å²) in [5, 5.41) is 3.65. The van der Waals surface area contributed by atoms with Gasteiger partial charge >= 0.3 is 0 Å². The van der Waals surface area contributed by atoms with Crippen LogP contribution in [0.4, 0.5) is 0 Å². The van der Waals surface area contributed by atoms with Gasteiger partial charge in [0.1, 0.15) is 11.6 Å². The Hall–Kier alpha value is -3.31. The Bertz CT molecular complexity index is 1360. The number of carbonyl (C=O) groups is 1. The van der Waals surface area contributed by atoms with Gasteiger partial charge in [0.25, 0.3) is 0 Å². The molecule has 3 aromatic carbocycles. The van der Waals surface area contributed by atoms with E-state index in [2.05, 4.69) is 73.1 Å². The van der Waals surface area contributed by atoms with Crippen LogP contribution in [0.15, 0.2) is 72.8 Å². The van der Waals surface area contributed by atoms with E-state index in [0.717, 1.165) is 61.3 Å². The zero-order chi connectivity index (χ0) is 27.7. The van der Waals surface area contributed by atoms with Crippen LogP contribution < -0.4 is 10.1 Å². The van der Waals surface area contributed by atoms with Crippen LogP contribution in [0, 0.1) is 0 Å². The number of halogens is 1. The molecule has 0 saturated carbocycles. The van der Waals surface area contributed by atoms with Crippen molar-refractivity contribution in [3.63, 3.8) is 0 Å². The Morgan fingerprint density at radius 2 is 1.67 bits per heavy atom. The van der Waals surface area contributed by atoms with Gasteiger partial charge in [0.2, 0.25) is 5.91 Å². The summed E-state index contributed by atoms with van der Waals surface area (Å²) in [4.78, 5) is 17.2. The second-order valence-corrected chi connectivity index (χ2v) is 11.5. The van der Waals surface area contributed by atoms with Crippen molar-refractivity contribution in [1.82, 2.24) is 14.9 Å². The Morgan fingerprint density at radius 1 is 0.923 bits per heavy atom. The first-order valence-corrected chi connectivity index (χ1v) is 14.4. The number of para-hydroxylation sites is 2. The maximum atomic E-state index is 12.2. The number of nitrogens with one attached hydrogen (secondary N) is 1. The molecule has 1 amide bonds. The number of hydrogen-bond donors (Lipinski definition) is 1. The lowest BCUT2D eigenvalue weighted by molar-refractivity contribution is -0.120. The highest BCUT2D eigenvalue weighted by Crippen LogP contribution is 2.24. The van der Waals surface area contributed by atoms with Crippen molar-refractivity contribution in [2.75, 3.05) is 13.2 Å². The molecule has 0 spiro atoms. The van der Waals surface area contributed by atoms with Crippen LogP contribution >= 0.6 is 11.6 Å². The minimum absolute atomic E-state index is 0.0113. The molecule has 0 fully saturated rings. The molecule has 0 atom stereocenters. The minimum Gasteiger partial charge on any atom is -0.494 e. The average Bonchev–Trinajstić information content (AvgIpc) is 3.27. The van der Waals surface area contributed by atoms with Gasteiger partial charge < -0.3 is 14.6 Å². The van der Waals surface area contributed by atoms with Gasteiger partial charge in [-0.25, -0.2) is 4.98 Å². The topological polar surface area (TPSA) is 56.1 Å². The second-order valence-electron chi connectivity index (χ2n) is 11.1. The summed E-state index contributed by atoms with van der Waals surface area (Å²) >= 11 is 6.16. The smallest absolute Gasteiger partial charge is 0.224 e. The molecule has 4 aromatic rings. The van der Waals surface area contributed by atoms with E-state index in [-0.39, 0.29) is 11.3 Å². The molecule has 0 aliphatic carbocycles. The highest BCUT2D eigenvalue weighted by Gasteiger charge is 2.13. The van der Waals surface area contributed by atoms with E-state index in [1.54, 1.807) is 0 Å². The molecular formula is C33H40ClN3O2. The number of rotatable bonds is 13. The van der Waals surface area contributed by atoms with Crippen molar-refractivity contribution >= 4 is 28.5 Å².